The lowest BCUT2D eigenvalue weighted by Crippen LogP contribution is -2.25. The van der Waals surface area contributed by atoms with E-state index in [1.54, 1.807) is 6.07 Å². The van der Waals surface area contributed by atoms with Gasteiger partial charge in [0.05, 0.1) is 4.90 Å². The Bertz CT molecular complexity index is 1020. The molecule has 0 saturated carbocycles. The Morgan fingerprint density at radius 3 is 2.57 bits per heavy atom. The molecule has 0 aliphatic rings. The van der Waals surface area contributed by atoms with Crippen molar-refractivity contribution in [2.45, 2.75) is 11.3 Å². The average molecular weight is 353 g/mol. The van der Waals surface area contributed by atoms with Crippen molar-refractivity contribution in [2.75, 3.05) is 6.54 Å². The van der Waals surface area contributed by atoms with Gasteiger partial charge in [-0.2, -0.15) is 3.97 Å². The first-order valence-electron chi connectivity index (χ1n) is 6.75. The molecule has 9 heteroatoms. The van der Waals surface area contributed by atoms with Crippen molar-refractivity contribution in [3.8, 4) is 0 Å². The van der Waals surface area contributed by atoms with Crippen LogP contribution in [0.1, 0.15) is 5.56 Å². The number of fused-ring (bicyclic) bond motifs is 1. The third kappa shape index (κ3) is 2.65. The summed E-state index contributed by atoms with van der Waals surface area (Å²) in [5.74, 6) is 0. The molecular weight excluding hydrogens is 340 g/mol. The second-order valence-corrected chi connectivity index (χ2v) is 7.08. The molecule has 0 radical (unpaired) electrons. The van der Waals surface area contributed by atoms with E-state index in [-0.39, 0.29) is 16.1 Å². The van der Waals surface area contributed by atoms with Crippen LogP contribution in [0.15, 0.2) is 46.2 Å². The number of aromatic nitrogens is 3. The molecule has 120 valence electrons. The van der Waals surface area contributed by atoms with E-state index in [0.29, 0.717) is 23.6 Å². The fourth-order valence-corrected chi connectivity index (χ4v) is 3.89. The Labute approximate surface area is 136 Å². The van der Waals surface area contributed by atoms with Gasteiger partial charge in [-0.25, -0.2) is 18.2 Å². The molecule has 0 bridgehead atoms. The average Bonchev–Trinajstić information content (AvgIpc) is 2.85. The maximum Gasteiger partial charge on any atom is 0.341 e. The highest BCUT2D eigenvalue weighted by Gasteiger charge is 2.24. The number of rotatable bonds is 4. The third-order valence-corrected chi connectivity index (χ3v) is 5.34. The number of hydrogen-bond acceptors (Lipinski definition) is 5. The number of pyridine rings is 1. The first-order valence-corrected chi connectivity index (χ1v) is 8.57. The number of nitrogens with zero attached hydrogens (tertiary/aromatic N) is 2. The van der Waals surface area contributed by atoms with Crippen LogP contribution < -0.4 is 11.4 Å². The van der Waals surface area contributed by atoms with Gasteiger partial charge in [-0.15, -0.1) is 0 Å². The summed E-state index contributed by atoms with van der Waals surface area (Å²) in [4.78, 5) is 18.7. The summed E-state index contributed by atoms with van der Waals surface area (Å²) in [5, 5.41) is 0.403. The smallest absolute Gasteiger partial charge is 0.330 e. The van der Waals surface area contributed by atoms with E-state index in [2.05, 4.69) is 9.97 Å². The highest BCUT2D eigenvalue weighted by Crippen LogP contribution is 2.21. The number of benzene rings is 1. The molecule has 0 spiro atoms. The van der Waals surface area contributed by atoms with Crippen LogP contribution in [0.4, 0.5) is 0 Å². The maximum atomic E-state index is 12.8. The lowest BCUT2D eigenvalue weighted by Gasteiger charge is -2.08. The molecule has 2 heterocycles. The highest BCUT2D eigenvalue weighted by molar-refractivity contribution is 7.90. The minimum Gasteiger partial charge on any atom is -0.330 e. The normalized spacial score (nSPS) is 11.9. The van der Waals surface area contributed by atoms with E-state index in [1.807, 2.05) is 0 Å². The Kier molecular flexibility index (Phi) is 3.97. The summed E-state index contributed by atoms with van der Waals surface area (Å²) in [6, 6.07) is 7.25. The predicted octanol–water partition coefficient (Wildman–Crippen LogP) is 1.12. The zero-order valence-electron chi connectivity index (χ0n) is 11.9. The predicted molar refractivity (Wildman–Crippen MR) is 87.1 cm³/mol. The van der Waals surface area contributed by atoms with E-state index in [0.717, 1.165) is 3.97 Å². The molecule has 23 heavy (non-hydrogen) atoms. The fraction of sp³-hybridized carbons (Fsp3) is 0.143. The van der Waals surface area contributed by atoms with Gasteiger partial charge in [0.25, 0.3) is 10.0 Å². The molecule has 3 aromatic rings. The van der Waals surface area contributed by atoms with E-state index in [4.69, 9.17) is 17.3 Å². The Balaban J connectivity index is 2.33. The maximum absolute atomic E-state index is 12.8. The molecule has 2 aromatic heterocycles. The van der Waals surface area contributed by atoms with Crippen molar-refractivity contribution in [3.63, 3.8) is 0 Å². The van der Waals surface area contributed by atoms with Gasteiger partial charge < -0.3 is 5.73 Å². The molecule has 3 N–H and O–H groups in total. The van der Waals surface area contributed by atoms with Crippen LogP contribution in [-0.2, 0) is 16.4 Å². The van der Waals surface area contributed by atoms with Gasteiger partial charge in [0.15, 0.2) is 5.65 Å². The standard InChI is InChI=1S/C14H13ClN4O3S/c15-10-1-3-11(4-2-10)23(21,22)19-12-9(5-7-16)6-8-17-13(12)18-14(19)20/h1-4,6,8H,5,7,16H2,(H,17,18,20). The number of nitrogens with two attached hydrogens (primary N) is 1. The quantitative estimate of drug-likeness (QED) is 0.730. The number of halogens is 1. The number of imidazole rings is 1. The topological polar surface area (TPSA) is 111 Å². The van der Waals surface area contributed by atoms with Crippen LogP contribution in [0.5, 0.6) is 0 Å². The molecule has 0 fully saturated rings. The minimum absolute atomic E-state index is 0.0348. The number of aromatic amines is 1. The molecule has 0 unspecified atom stereocenters. The van der Waals surface area contributed by atoms with Crippen molar-refractivity contribution in [2.24, 2.45) is 5.73 Å². The first kappa shape index (κ1) is 15.7. The van der Waals surface area contributed by atoms with Crippen LogP contribution in [0.25, 0.3) is 11.2 Å². The fourth-order valence-electron chi connectivity index (χ4n) is 2.36. The van der Waals surface area contributed by atoms with Crippen LogP contribution >= 0.6 is 11.6 Å². The summed E-state index contributed by atoms with van der Waals surface area (Å²) in [6.45, 7) is 0.319. The molecule has 0 saturated heterocycles. The molecule has 0 aliphatic carbocycles. The van der Waals surface area contributed by atoms with Gasteiger partial charge in [-0.05, 0) is 48.9 Å². The SMILES string of the molecule is NCCc1ccnc2[nH]c(=O)n(S(=O)(=O)c3ccc(Cl)cc3)c12. The zero-order chi connectivity index (χ0) is 16.6. The molecule has 0 atom stereocenters. The van der Waals surface area contributed by atoms with Gasteiger partial charge >= 0.3 is 5.69 Å². The van der Waals surface area contributed by atoms with E-state index >= 15 is 0 Å². The minimum atomic E-state index is -4.08. The lowest BCUT2D eigenvalue weighted by molar-refractivity contribution is 0.587. The molecule has 3 rings (SSSR count). The number of H-pyrrole nitrogens is 1. The van der Waals surface area contributed by atoms with Crippen molar-refractivity contribution >= 4 is 32.8 Å². The third-order valence-electron chi connectivity index (χ3n) is 3.39. The molecule has 7 nitrogen and oxygen atoms in total. The summed E-state index contributed by atoms with van der Waals surface area (Å²) in [6.07, 6.45) is 1.93. The van der Waals surface area contributed by atoms with E-state index < -0.39 is 15.7 Å². The number of nitrogens with one attached hydrogen (secondary N) is 1. The second-order valence-electron chi connectivity index (χ2n) is 4.86. The van der Waals surface area contributed by atoms with Crippen LogP contribution in [-0.4, -0.2) is 28.9 Å². The Morgan fingerprint density at radius 2 is 1.91 bits per heavy atom. The summed E-state index contributed by atoms with van der Waals surface area (Å²) < 4.78 is 26.4. The van der Waals surface area contributed by atoms with Crippen molar-refractivity contribution in [3.05, 3.63) is 57.6 Å². The van der Waals surface area contributed by atoms with Gasteiger partial charge in [0.2, 0.25) is 0 Å². The summed E-state index contributed by atoms with van der Waals surface area (Å²) >= 11 is 5.79. The molecule has 0 amide bonds. The monoisotopic (exact) mass is 352 g/mol. The molecular formula is C14H13ClN4O3S. The van der Waals surface area contributed by atoms with Gasteiger partial charge in [0, 0.05) is 11.2 Å². The van der Waals surface area contributed by atoms with E-state index in [1.165, 1.54) is 30.5 Å². The summed E-state index contributed by atoms with van der Waals surface area (Å²) in [5.41, 5.74) is 5.85. The highest BCUT2D eigenvalue weighted by atomic mass is 35.5. The van der Waals surface area contributed by atoms with Crippen LogP contribution in [0.3, 0.4) is 0 Å². The second kappa shape index (κ2) is 5.80. The largest absolute Gasteiger partial charge is 0.341 e. The van der Waals surface area contributed by atoms with E-state index in [9.17, 15) is 13.2 Å². The van der Waals surface area contributed by atoms with Gasteiger partial charge in [-0.1, -0.05) is 11.6 Å². The Morgan fingerprint density at radius 1 is 1.22 bits per heavy atom. The zero-order valence-corrected chi connectivity index (χ0v) is 13.4. The Hall–Kier alpha value is -2.16. The van der Waals surface area contributed by atoms with Gasteiger partial charge in [0.1, 0.15) is 5.52 Å². The van der Waals surface area contributed by atoms with Crippen LogP contribution in [0.2, 0.25) is 5.02 Å². The summed E-state index contributed by atoms with van der Waals surface area (Å²) in [7, 11) is -4.08. The van der Waals surface area contributed by atoms with Crippen molar-refractivity contribution in [1.82, 2.24) is 13.9 Å². The molecule has 1 aromatic carbocycles. The first-order chi connectivity index (χ1) is 10.9. The molecule has 0 aliphatic heterocycles. The van der Waals surface area contributed by atoms with Gasteiger partial charge in [-0.3, -0.25) is 4.98 Å². The van der Waals surface area contributed by atoms with Crippen molar-refractivity contribution < 1.29 is 8.42 Å². The van der Waals surface area contributed by atoms with Crippen molar-refractivity contribution in [1.29, 1.82) is 0 Å². The lowest BCUT2D eigenvalue weighted by atomic mass is 10.2. The number of hydrogen-bond donors (Lipinski definition) is 2. The van der Waals surface area contributed by atoms with Crippen LogP contribution in [0, 0.1) is 0 Å².